The van der Waals surface area contributed by atoms with E-state index in [4.69, 9.17) is 0 Å². The van der Waals surface area contributed by atoms with E-state index in [2.05, 4.69) is 33.4 Å². The molecule has 1 saturated carbocycles. The maximum absolute atomic E-state index is 4.31. The molecule has 1 fully saturated rings. The second-order valence-corrected chi connectivity index (χ2v) is 5.79. The fourth-order valence-electron chi connectivity index (χ4n) is 3.28. The lowest BCUT2D eigenvalue weighted by atomic mass is 9.85. The SMILES string of the molecule is C=C1CCC(C(C)C)=C[C@@H]2[C@@H](C)CC[C@@H]12. The van der Waals surface area contributed by atoms with Crippen LogP contribution in [0.5, 0.6) is 0 Å². The molecule has 3 atom stereocenters. The smallest absolute Gasteiger partial charge is 0.0139 e. The summed E-state index contributed by atoms with van der Waals surface area (Å²) in [5.74, 6) is 3.21. The fraction of sp³-hybridized carbons (Fsp3) is 0.733. The van der Waals surface area contributed by atoms with E-state index < -0.39 is 0 Å². The molecule has 0 unspecified atom stereocenters. The Morgan fingerprint density at radius 3 is 2.67 bits per heavy atom. The Kier molecular flexibility index (Phi) is 3.04. The van der Waals surface area contributed by atoms with Crippen molar-refractivity contribution in [2.75, 3.05) is 0 Å². The third kappa shape index (κ3) is 2.04. The minimum atomic E-state index is 0.726. The monoisotopic (exact) mass is 204 g/mol. The van der Waals surface area contributed by atoms with Gasteiger partial charge in [-0.25, -0.2) is 0 Å². The summed E-state index contributed by atoms with van der Waals surface area (Å²) in [5, 5.41) is 0. The Labute approximate surface area is 94.5 Å². The maximum Gasteiger partial charge on any atom is -0.0139 e. The number of allylic oxidation sites excluding steroid dienone is 3. The van der Waals surface area contributed by atoms with Crippen molar-refractivity contribution < 1.29 is 0 Å². The average Bonchev–Trinajstić information content (AvgIpc) is 2.43. The fourth-order valence-corrected chi connectivity index (χ4v) is 3.28. The molecule has 0 heteroatoms. The van der Waals surface area contributed by atoms with Gasteiger partial charge in [-0.1, -0.05) is 44.6 Å². The molecule has 0 aromatic carbocycles. The Hall–Kier alpha value is -0.520. The van der Waals surface area contributed by atoms with Gasteiger partial charge in [0.15, 0.2) is 0 Å². The van der Waals surface area contributed by atoms with Gasteiger partial charge in [-0.05, 0) is 49.4 Å². The number of fused-ring (bicyclic) bond motifs is 1. The van der Waals surface area contributed by atoms with Crippen molar-refractivity contribution in [1.82, 2.24) is 0 Å². The Bertz CT molecular complexity index is 282. The lowest BCUT2D eigenvalue weighted by Crippen LogP contribution is -2.11. The molecule has 2 rings (SSSR count). The van der Waals surface area contributed by atoms with Crippen LogP contribution in [-0.4, -0.2) is 0 Å². The van der Waals surface area contributed by atoms with Crippen LogP contribution in [-0.2, 0) is 0 Å². The summed E-state index contributed by atoms with van der Waals surface area (Å²) in [6, 6.07) is 0. The molecule has 0 N–H and O–H groups in total. The molecule has 0 saturated heterocycles. The minimum absolute atomic E-state index is 0.726. The van der Waals surface area contributed by atoms with E-state index in [1.54, 1.807) is 5.57 Å². The molecule has 84 valence electrons. The molecular weight excluding hydrogens is 180 g/mol. The van der Waals surface area contributed by atoms with Gasteiger partial charge < -0.3 is 0 Å². The van der Waals surface area contributed by atoms with Gasteiger partial charge in [-0.3, -0.25) is 0 Å². The first-order valence-electron chi connectivity index (χ1n) is 6.48. The van der Waals surface area contributed by atoms with Crippen LogP contribution in [0.4, 0.5) is 0 Å². The summed E-state index contributed by atoms with van der Waals surface area (Å²) in [7, 11) is 0. The van der Waals surface area contributed by atoms with Crippen LogP contribution in [0.15, 0.2) is 23.8 Å². The average molecular weight is 204 g/mol. The molecular formula is C15H24. The quantitative estimate of drug-likeness (QED) is 0.548. The van der Waals surface area contributed by atoms with Crippen molar-refractivity contribution in [3.05, 3.63) is 23.8 Å². The van der Waals surface area contributed by atoms with Crippen LogP contribution in [0, 0.1) is 23.7 Å². The molecule has 0 spiro atoms. The normalized spacial score (nSPS) is 36.4. The van der Waals surface area contributed by atoms with E-state index in [0.29, 0.717) is 0 Å². The third-order valence-electron chi connectivity index (χ3n) is 4.46. The van der Waals surface area contributed by atoms with E-state index in [9.17, 15) is 0 Å². The topological polar surface area (TPSA) is 0 Å². The van der Waals surface area contributed by atoms with Crippen LogP contribution >= 0.6 is 0 Å². The number of hydrogen-bond donors (Lipinski definition) is 0. The molecule has 0 radical (unpaired) electrons. The minimum Gasteiger partial charge on any atom is -0.0995 e. The van der Waals surface area contributed by atoms with Crippen molar-refractivity contribution in [3.8, 4) is 0 Å². The van der Waals surface area contributed by atoms with Gasteiger partial charge in [0.25, 0.3) is 0 Å². The number of rotatable bonds is 1. The van der Waals surface area contributed by atoms with Crippen LogP contribution in [0.3, 0.4) is 0 Å². The predicted molar refractivity (Wildman–Crippen MR) is 66.7 cm³/mol. The van der Waals surface area contributed by atoms with Crippen LogP contribution in [0.1, 0.15) is 46.5 Å². The molecule has 0 nitrogen and oxygen atoms in total. The van der Waals surface area contributed by atoms with Gasteiger partial charge in [0.2, 0.25) is 0 Å². The molecule has 2 aliphatic carbocycles. The van der Waals surface area contributed by atoms with Crippen molar-refractivity contribution in [2.24, 2.45) is 23.7 Å². The molecule has 0 aliphatic heterocycles. The van der Waals surface area contributed by atoms with Crippen LogP contribution < -0.4 is 0 Å². The highest BCUT2D eigenvalue weighted by atomic mass is 14.4. The molecule has 15 heavy (non-hydrogen) atoms. The lowest BCUT2D eigenvalue weighted by molar-refractivity contribution is 0.439. The van der Waals surface area contributed by atoms with E-state index in [0.717, 1.165) is 23.7 Å². The van der Waals surface area contributed by atoms with E-state index in [1.165, 1.54) is 31.3 Å². The van der Waals surface area contributed by atoms with Crippen molar-refractivity contribution in [1.29, 1.82) is 0 Å². The summed E-state index contributed by atoms with van der Waals surface area (Å²) in [4.78, 5) is 0. The Morgan fingerprint density at radius 2 is 2.00 bits per heavy atom. The van der Waals surface area contributed by atoms with E-state index >= 15 is 0 Å². The molecule has 0 aromatic rings. The predicted octanol–water partition coefficient (Wildman–Crippen LogP) is 4.58. The second kappa shape index (κ2) is 4.15. The van der Waals surface area contributed by atoms with Crippen LogP contribution in [0.2, 0.25) is 0 Å². The molecule has 0 aromatic heterocycles. The molecule has 0 heterocycles. The first-order chi connectivity index (χ1) is 7.09. The number of hydrogen-bond acceptors (Lipinski definition) is 0. The lowest BCUT2D eigenvalue weighted by Gasteiger charge is -2.19. The summed E-state index contributed by atoms with van der Waals surface area (Å²) >= 11 is 0. The van der Waals surface area contributed by atoms with Gasteiger partial charge in [0, 0.05) is 0 Å². The van der Waals surface area contributed by atoms with Gasteiger partial charge in [0.05, 0.1) is 0 Å². The zero-order valence-corrected chi connectivity index (χ0v) is 10.4. The standard InChI is InChI=1S/C15H24/c1-10(2)13-7-5-11(3)14-8-6-12(4)15(14)9-13/h9-10,12,14-15H,3,5-8H2,1-2,4H3/t12-,14-,15+/m0/s1. The second-order valence-electron chi connectivity index (χ2n) is 5.79. The van der Waals surface area contributed by atoms with Gasteiger partial charge >= 0.3 is 0 Å². The van der Waals surface area contributed by atoms with Crippen molar-refractivity contribution in [3.63, 3.8) is 0 Å². The highest BCUT2D eigenvalue weighted by Crippen LogP contribution is 2.46. The van der Waals surface area contributed by atoms with Gasteiger partial charge in [-0.2, -0.15) is 0 Å². The molecule has 0 amide bonds. The van der Waals surface area contributed by atoms with Gasteiger partial charge in [-0.15, -0.1) is 0 Å². The third-order valence-corrected chi connectivity index (χ3v) is 4.46. The molecule has 0 bridgehead atoms. The van der Waals surface area contributed by atoms with Gasteiger partial charge in [0.1, 0.15) is 0 Å². The van der Waals surface area contributed by atoms with Crippen molar-refractivity contribution in [2.45, 2.75) is 46.5 Å². The maximum atomic E-state index is 4.31. The summed E-state index contributed by atoms with van der Waals surface area (Å²) in [6.07, 6.45) is 7.88. The molecule has 2 aliphatic rings. The highest BCUT2D eigenvalue weighted by Gasteiger charge is 2.35. The summed E-state index contributed by atoms with van der Waals surface area (Å²) in [6.45, 7) is 11.4. The first-order valence-corrected chi connectivity index (χ1v) is 6.48. The largest absolute Gasteiger partial charge is 0.0995 e. The summed E-state index contributed by atoms with van der Waals surface area (Å²) < 4.78 is 0. The first kappa shape index (κ1) is 11.0. The van der Waals surface area contributed by atoms with E-state index in [-0.39, 0.29) is 0 Å². The zero-order valence-electron chi connectivity index (χ0n) is 10.4. The Balaban J connectivity index is 2.26. The zero-order chi connectivity index (χ0) is 11.0. The highest BCUT2D eigenvalue weighted by molar-refractivity contribution is 5.21. The summed E-state index contributed by atoms with van der Waals surface area (Å²) in [5.41, 5.74) is 3.20. The van der Waals surface area contributed by atoms with Crippen molar-refractivity contribution >= 4 is 0 Å². The Morgan fingerprint density at radius 1 is 1.27 bits per heavy atom. The van der Waals surface area contributed by atoms with E-state index in [1.807, 2.05) is 0 Å². The van der Waals surface area contributed by atoms with Crippen LogP contribution in [0.25, 0.3) is 0 Å².